The van der Waals surface area contributed by atoms with E-state index in [0.29, 0.717) is 32.5 Å². The van der Waals surface area contributed by atoms with Crippen molar-refractivity contribution in [3.63, 3.8) is 0 Å². The summed E-state index contributed by atoms with van der Waals surface area (Å²) in [6, 6.07) is 2.55. The van der Waals surface area contributed by atoms with Gasteiger partial charge in [-0.1, -0.05) is 23.4 Å². The predicted octanol–water partition coefficient (Wildman–Crippen LogP) is 3.35. The Kier molecular flexibility index (Phi) is 9.77. The van der Waals surface area contributed by atoms with Crippen LogP contribution in [-0.2, 0) is 19.5 Å². The second-order valence-electron chi connectivity index (χ2n) is 9.79. The third-order valence-corrected chi connectivity index (χ3v) is 6.44. The number of carbonyl (C=O) groups is 1. The number of aryl methyl sites for hydroxylation is 2. The highest BCUT2D eigenvalue weighted by molar-refractivity contribution is 5.91. The van der Waals surface area contributed by atoms with E-state index in [1.807, 2.05) is 13.0 Å². The number of aliphatic hydroxyl groups is 2. The smallest absolute Gasteiger partial charge is 0.508 e. The molecule has 1 aliphatic rings. The number of ether oxygens (including phenoxy) is 1. The number of nitrogens with zero attached hydrogens (tertiary/aromatic N) is 6. The molecule has 1 amide bonds. The summed E-state index contributed by atoms with van der Waals surface area (Å²) < 4.78 is 58.2. The van der Waals surface area contributed by atoms with Gasteiger partial charge >= 0.3 is 6.36 Å². The fraction of sp³-hybridized carbons (Fsp3) is 0.423. The molecule has 12 nitrogen and oxygen atoms in total. The van der Waals surface area contributed by atoms with Gasteiger partial charge < -0.3 is 25.6 Å². The number of amides is 1. The Labute approximate surface area is 237 Å². The molecule has 1 aliphatic carbocycles. The molecule has 0 saturated heterocycles. The van der Waals surface area contributed by atoms with Gasteiger partial charge in [-0.15, -0.1) is 23.4 Å². The first-order chi connectivity index (χ1) is 19.9. The normalized spacial score (nSPS) is 17.5. The number of rotatable bonds is 13. The van der Waals surface area contributed by atoms with Gasteiger partial charge in [0.2, 0.25) is 0 Å². The van der Waals surface area contributed by atoms with E-state index < -0.39 is 24.2 Å². The van der Waals surface area contributed by atoms with Crippen LogP contribution < -0.4 is 15.4 Å². The zero-order valence-corrected chi connectivity index (χ0v) is 22.5. The van der Waals surface area contributed by atoms with Gasteiger partial charge in [-0.3, -0.25) is 14.2 Å². The van der Waals surface area contributed by atoms with Crippen molar-refractivity contribution in [2.45, 2.75) is 51.9 Å². The Balaban J connectivity index is 1.17. The highest BCUT2D eigenvalue weighted by Crippen LogP contribution is 2.25. The van der Waals surface area contributed by atoms with Crippen LogP contribution in [0.2, 0.25) is 0 Å². The van der Waals surface area contributed by atoms with Crippen molar-refractivity contribution >= 4 is 11.7 Å². The molecule has 4 rings (SSSR count). The molecule has 0 saturated carbocycles. The summed E-state index contributed by atoms with van der Waals surface area (Å²) >= 11 is 0. The fourth-order valence-electron chi connectivity index (χ4n) is 4.23. The van der Waals surface area contributed by atoms with Crippen LogP contribution in [0.5, 0.6) is 5.75 Å². The number of unbranched alkanes of at least 4 members (excludes halogenated alkanes) is 1. The number of halogens is 4. The first-order valence-electron chi connectivity index (χ1n) is 13.1. The number of benzene rings is 1. The molecule has 0 radical (unpaired) electrons. The number of anilines is 1. The average Bonchev–Trinajstić information content (AvgIpc) is 3.58. The molecular weight excluding hydrogens is 564 g/mol. The number of allylic oxidation sites excluding steroid dienone is 2. The minimum Gasteiger partial charge on any atom is -0.508 e. The minimum atomic E-state index is -4.92. The molecule has 3 atom stereocenters. The lowest BCUT2D eigenvalue weighted by molar-refractivity contribution is -0.274. The summed E-state index contributed by atoms with van der Waals surface area (Å²) in [5.74, 6) is -1.21. The Morgan fingerprint density at radius 2 is 1.86 bits per heavy atom. The van der Waals surface area contributed by atoms with Gasteiger partial charge in [0.1, 0.15) is 23.6 Å². The van der Waals surface area contributed by atoms with Crippen molar-refractivity contribution in [1.82, 2.24) is 35.3 Å². The van der Waals surface area contributed by atoms with Crippen LogP contribution in [0.15, 0.2) is 54.6 Å². The van der Waals surface area contributed by atoms with E-state index in [2.05, 4.69) is 36.0 Å². The first-order valence-corrected chi connectivity index (χ1v) is 13.1. The van der Waals surface area contributed by atoms with E-state index in [9.17, 15) is 32.6 Å². The Hall–Kier alpha value is -4.47. The van der Waals surface area contributed by atoms with Crippen LogP contribution in [-0.4, -0.2) is 65.2 Å². The maximum atomic E-state index is 14.0. The summed E-state index contributed by atoms with van der Waals surface area (Å²) in [6.07, 6.45) is 3.05. The lowest BCUT2D eigenvalue weighted by atomic mass is 9.89. The van der Waals surface area contributed by atoms with Crippen molar-refractivity contribution < 1.29 is 37.3 Å². The summed E-state index contributed by atoms with van der Waals surface area (Å²) in [7, 11) is 0. The molecule has 16 heteroatoms. The molecule has 2 heterocycles. The molecule has 3 aromatic rings. The average molecular weight is 595 g/mol. The van der Waals surface area contributed by atoms with Gasteiger partial charge in [-0.2, -0.15) is 0 Å². The molecule has 0 aliphatic heterocycles. The lowest BCUT2D eigenvalue weighted by Crippen LogP contribution is -2.32. The second kappa shape index (κ2) is 13.5. The Morgan fingerprint density at radius 3 is 2.60 bits per heavy atom. The van der Waals surface area contributed by atoms with Gasteiger partial charge in [0.05, 0.1) is 12.4 Å². The van der Waals surface area contributed by atoms with Gasteiger partial charge in [0, 0.05) is 32.0 Å². The quantitative estimate of drug-likeness (QED) is 0.133. The van der Waals surface area contributed by atoms with Crippen LogP contribution in [0.3, 0.4) is 0 Å². The molecule has 1 aromatic carbocycles. The SMILES string of the molecule is CC1C=CC(O)=CC1CNC(=O)c1cn(CCCCn2cc(NC(O)Cc3cc(OC(F)(F)F)ccc3F)nn2)nn1. The van der Waals surface area contributed by atoms with E-state index >= 15 is 0 Å². The van der Waals surface area contributed by atoms with Crippen LogP contribution >= 0.6 is 0 Å². The molecule has 4 N–H and O–H groups in total. The molecule has 0 spiro atoms. The van der Waals surface area contributed by atoms with Crippen molar-refractivity contribution in [3.8, 4) is 5.75 Å². The Morgan fingerprint density at radius 1 is 1.14 bits per heavy atom. The monoisotopic (exact) mass is 594 g/mol. The largest absolute Gasteiger partial charge is 0.573 e. The van der Waals surface area contributed by atoms with Crippen LogP contribution in [0, 0.1) is 17.7 Å². The van der Waals surface area contributed by atoms with Crippen molar-refractivity contribution in [1.29, 1.82) is 0 Å². The molecule has 3 unspecified atom stereocenters. The minimum absolute atomic E-state index is 0.0217. The van der Waals surface area contributed by atoms with Gasteiger partial charge in [-0.25, -0.2) is 4.39 Å². The number of carbonyl (C=O) groups excluding carboxylic acids is 1. The van der Waals surface area contributed by atoms with Gasteiger partial charge in [0.25, 0.3) is 5.91 Å². The van der Waals surface area contributed by atoms with E-state index in [-0.39, 0.29) is 47.0 Å². The zero-order chi connectivity index (χ0) is 30.3. The first kappa shape index (κ1) is 30.5. The van der Waals surface area contributed by atoms with E-state index in [4.69, 9.17) is 0 Å². The fourth-order valence-corrected chi connectivity index (χ4v) is 4.23. The number of hydrogen-bond donors (Lipinski definition) is 4. The number of alkyl halides is 3. The van der Waals surface area contributed by atoms with Crippen LogP contribution in [0.4, 0.5) is 23.4 Å². The van der Waals surface area contributed by atoms with Crippen molar-refractivity contribution in [2.75, 3.05) is 11.9 Å². The maximum Gasteiger partial charge on any atom is 0.573 e. The number of hydrogen-bond acceptors (Lipinski definition) is 9. The third kappa shape index (κ3) is 9.02. The van der Waals surface area contributed by atoms with Crippen LogP contribution in [0.25, 0.3) is 0 Å². The maximum absolute atomic E-state index is 14.0. The van der Waals surface area contributed by atoms with Crippen molar-refractivity contribution in [2.24, 2.45) is 11.8 Å². The molecule has 0 fully saturated rings. The Bertz CT molecular complexity index is 1420. The summed E-state index contributed by atoms with van der Waals surface area (Å²) in [5, 5.41) is 41.1. The summed E-state index contributed by atoms with van der Waals surface area (Å²) in [4.78, 5) is 12.4. The van der Waals surface area contributed by atoms with Crippen molar-refractivity contribution in [3.05, 3.63) is 71.7 Å². The predicted molar refractivity (Wildman–Crippen MR) is 141 cm³/mol. The van der Waals surface area contributed by atoms with Crippen LogP contribution in [0.1, 0.15) is 35.8 Å². The second-order valence-corrected chi connectivity index (χ2v) is 9.79. The van der Waals surface area contributed by atoms with Gasteiger partial charge in [0.15, 0.2) is 11.5 Å². The standard InChI is InChI=1S/C26H30F4N8O4/c1-16-4-5-19(39)10-18(16)13-31-25(41)22-14-37(35-33-22)8-2-3-9-38-15-23(34-36-38)32-24(40)12-17-11-20(6-7-21(17)27)42-26(28,29)30/h4-7,10-11,14-16,18,24,32,39-40H,2-3,8-9,12-13H2,1H3,(H,31,41). The summed E-state index contributed by atoms with van der Waals surface area (Å²) in [6.45, 7) is 3.34. The van der Waals surface area contributed by atoms with E-state index in [1.165, 1.54) is 10.9 Å². The molecular formula is C26H30F4N8O4. The third-order valence-electron chi connectivity index (χ3n) is 6.44. The molecule has 2 aromatic heterocycles. The van der Waals surface area contributed by atoms with E-state index in [0.717, 1.165) is 18.2 Å². The molecule has 226 valence electrons. The number of nitrogens with one attached hydrogen (secondary N) is 2. The molecule has 42 heavy (non-hydrogen) atoms. The highest BCUT2D eigenvalue weighted by Gasteiger charge is 2.31. The topological polar surface area (TPSA) is 152 Å². The zero-order valence-electron chi connectivity index (χ0n) is 22.5. The van der Waals surface area contributed by atoms with Gasteiger partial charge in [-0.05, 0) is 54.7 Å². The summed E-state index contributed by atoms with van der Waals surface area (Å²) in [5.41, 5.74) is 0.0128. The molecule has 0 bridgehead atoms. The number of aliphatic hydroxyl groups excluding tert-OH is 2. The lowest BCUT2D eigenvalue weighted by Gasteiger charge is -2.21. The van der Waals surface area contributed by atoms with E-state index in [1.54, 1.807) is 23.0 Å². The highest BCUT2D eigenvalue weighted by atomic mass is 19.4. The number of aromatic nitrogens is 6.